The molecule has 0 heterocycles. The molecule has 2 heteroatoms. The quantitative estimate of drug-likeness (QED) is 0.396. The van der Waals surface area contributed by atoms with Crippen molar-refractivity contribution >= 4 is 0 Å². The minimum absolute atomic E-state index is 0.156. The van der Waals surface area contributed by atoms with Crippen LogP contribution in [0.1, 0.15) is 24.0 Å². The van der Waals surface area contributed by atoms with E-state index in [0.29, 0.717) is 6.42 Å². The molecule has 1 aliphatic rings. The maximum Gasteiger partial charge on any atom is 0.230 e. The van der Waals surface area contributed by atoms with E-state index in [9.17, 15) is 9.59 Å². The third-order valence-corrected chi connectivity index (χ3v) is 2.25. The number of rotatable bonds is 0. The normalized spacial score (nSPS) is 22.1. The van der Waals surface area contributed by atoms with Crippen molar-refractivity contribution in [1.29, 1.82) is 0 Å². The van der Waals surface area contributed by atoms with Crippen LogP contribution in [0.25, 0.3) is 0 Å². The zero-order chi connectivity index (χ0) is 8.01. The first kappa shape index (κ1) is 6.53. The van der Waals surface area contributed by atoms with Crippen molar-refractivity contribution in [1.82, 2.24) is 0 Å². The first-order chi connectivity index (χ1) is 5.22. The largest absolute Gasteiger partial charge is 0.285 e. The lowest BCUT2D eigenvalue weighted by Gasteiger charge is -2.17. The Kier molecular flexibility index (Phi) is 1.13. The molecule has 1 aliphatic carbocycles. The van der Waals surface area contributed by atoms with Crippen LogP contribution in [0, 0.1) is 0 Å². The maximum absolute atomic E-state index is 11.0. The van der Waals surface area contributed by atoms with Gasteiger partial charge in [0.2, 0.25) is 10.9 Å². The van der Waals surface area contributed by atoms with Crippen LogP contribution in [0.15, 0.2) is 21.7 Å². The van der Waals surface area contributed by atoms with E-state index in [1.807, 2.05) is 19.1 Å². The second kappa shape index (κ2) is 1.91. The van der Waals surface area contributed by atoms with Crippen molar-refractivity contribution in [3.8, 4) is 0 Å². The Morgan fingerprint density at radius 2 is 2.09 bits per heavy atom. The van der Waals surface area contributed by atoms with Crippen molar-refractivity contribution in [3.63, 3.8) is 0 Å². The third-order valence-electron chi connectivity index (χ3n) is 2.25. The molecule has 1 atom stereocenters. The molecule has 0 amide bonds. The van der Waals surface area contributed by atoms with E-state index in [2.05, 4.69) is 0 Å². The molecule has 1 aromatic rings. The fraction of sp³-hybridized carbons (Fsp3) is 0.333. The number of hydrogen-bond donors (Lipinski definition) is 0. The summed E-state index contributed by atoms with van der Waals surface area (Å²) in [4.78, 5) is 21.9. The summed E-state index contributed by atoms with van der Waals surface area (Å²) in [6, 6.07) is 0. The molecule has 1 aromatic carbocycles. The van der Waals surface area contributed by atoms with Crippen molar-refractivity contribution in [2.45, 2.75) is 19.3 Å². The minimum atomic E-state index is -0.267. The average molecular weight is 148 g/mol. The second-order valence-electron chi connectivity index (χ2n) is 2.97. The molecular weight excluding hydrogens is 140 g/mol. The maximum atomic E-state index is 11.0. The Morgan fingerprint density at radius 3 is 2.73 bits per heavy atom. The van der Waals surface area contributed by atoms with Crippen LogP contribution in [0.4, 0.5) is 0 Å². The van der Waals surface area contributed by atoms with Gasteiger partial charge in [-0.05, 0) is 6.42 Å². The van der Waals surface area contributed by atoms with Crippen LogP contribution in [-0.4, -0.2) is 0 Å². The standard InChI is InChI=1S/C9H8O2/c1-5-3-2-4-6-7(5)9(11)8(6)10/h2-3,5H,4H2,1H3/t5-/m0/s1. The summed E-state index contributed by atoms with van der Waals surface area (Å²) >= 11 is 0. The van der Waals surface area contributed by atoms with Gasteiger partial charge >= 0.3 is 0 Å². The van der Waals surface area contributed by atoms with Crippen molar-refractivity contribution < 1.29 is 0 Å². The summed E-state index contributed by atoms with van der Waals surface area (Å²) in [5, 5.41) is 0. The third kappa shape index (κ3) is 0.666. The highest BCUT2D eigenvalue weighted by Gasteiger charge is 2.24. The lowest BCUT2D eigenvalue weighted by atomic mass is 9.84. The molecule has 0 fully saturated rings. The summed E-state index contributed by atoms with van der Waals surface area (Å²) in [6.07, 6.45) is 4.58. The van der Waals surface area contributed by atoms with E-state index in [-0.39, 0.29) is 16.8 Å². The van der Waals surface area contributed by atoms with E-state index in [0.717, 1.165) is 11.1 Å². The molecule has 0 saturated carbocycles. The van der Waals surface area contributed by atoms with Gasteiger partial charge in [-0.2, -0.15) is 0 Å². The second-order valence-corrected chi connectivity index (χ2v) is 2.97. The highest BCUT2D eigenvalue weighted by Crippen LogP contribution is 2.21. The lowest BCUT2D eigenvalue weighted by molar-refractivity contribution is 0.860. The molecule has 11 heavy (non-hydrogen) atoms. The number of fused-ring (bicyclic) bond motifs is 1. The Hall–Kier alpha value is -1.18. The van der Waals surface area contributed by atoms with Crippen molar-refractivity contribution in [2.24, 2.45) is 0 Å². The van der Waals surface area contributed by atoms with Crippen LogP contribution < -0.4 is 10.9 Å². The van der Waals surface area contributed by atoms with Gasteiger partial charge in [-0.15, -0.1) is 0 Å². The Labute approximate surface area is 63.9 Å². The Balaban J connectivity index is 2.63. The van der Waals surface area contributed by atoms with Gasteiger partial charge in [0.15, 0.2) is 0 Å². The summed E-state index contributed by atoms with van der Waals surface area (Å²) in [6.45, 7) is 1.94. The number of allylic oxidation sites excluding steroid dienone is 2. The fourth-order valence-electron chi connectivity index (χ4n) is 1.63. The molecule has 0 aliphatic heterocycles. The van der Waals surface area contributed by atoms with Gasteiger partial charge in [0.05, 0.1) is 0 Å². The molecule has 0 saturated heterocycles. The summed E-state index contributed by atoms with van der Waals surface area (Å²) in [5.74, 6) is 0.156. The molecule has 2 rings (SSSR count). The van der Waals surface area contributed by atoms with Gasteiger partial charge in [-0.1, -0.05) is 19.1 Å². The van der Waals surface area contributed by atoms with E-state index in [1.165, 1.54) is 0 Å². The smallest absolute Gasteiger partial charge is 0.230 e. The molecule has 0 N–H and O–H groups in total. The van der Waals surface area contributed by atoms with Crippen LogP contribution in [0.3, 0.4) is 0 Å². The van der Waals surface area contributed by atoms with Gasteiger partial charge in [0.1, 0.15) is 0 Å². The van der Waals surface area contributed by atoms with Crippen LogP contribution in [-0.2, 0) is 6.42 Å². The summed E-state index contributed by atoms with van der Waals surface area (Å²) < 4.78 is 0. The fourth-order valence-corrected chi connectivity index (χ4v) is 1.63. The molecule has 0 radical (unpaired) electrons. The Morgan fingerprint density at radius 1 is 1.36 bits per heavy atom. The minimum Gasteiger partial charge on any atom is -0.285 e. The van der Waals surface area contributed by atoms with E-state index in [1.54, 1.807) is 0 Å². The van der Waals surface area contributed by atoms with Gasteiger partial charge in [0, 0.05) is 17.0 Å². The van der Waals surface area contributed by atoms with Crippen LogP contribution >= 0.6 is 0 Å². The van der Waals surface area contributed by atoms with Gasteiger partial charge in [-0.25, -0.2) is 0 Å². The van der Waals surface area contributed by atoms with E-state index >= 15 is 0 Å². The van der Waals surface area contributed by atoms with E-state index in [4.69, 9.17) is 0 Å². The highest BCUT2D eigenvalue weighted by atomic mass is 16.2. The monoisotopic (exact) mass is 148 g/mol. The molecule has 0 aromatic heterocycles. The summed E-state index contributed by atoms with van der Waals surface area (Å²) in [5.41, 5.74) is 0.954. The molecular formula is C9H8O2. The first-order valence-corrected chi connectivity index (χ1v) is 3.70. The zero-order valence-electron chi connectivity index (χ0n) is 6.26. The SMILES string of the molecule is C[C@H]1C=CCc2c1c(=O)c2=O. The average Bonchev–Trinajstić information content (AvgIpc) is 2.03. The van der Waals surface area contributed by atoms with Gasteiger partial charge in [-0.3, -0.25) is 9.59 Å². The molecule has 2 nitrogen and oxygen atoms in total. The molecule has 0 spiro atoms. The predicted octanol–water partition coefficient (Wildman–Crippen LogP) is 0.498. The predicted molar refractivity (Wildman–Crippen MR) is 42.6 cm³/mol. The van der Waals surface area contributed by atoms with Crippen LogP contribution in [0.2, 0.25) is 0 Å². The van der Waals surface area contributed by atoms with Gasteiger partial charge < -0.3 is 0 Å². The lowest BCUT2D eigenvalue weighted by Crippen LogP contribution is -2.41. The molecule has 56 valence electrons. The molecule has 0 bridgehead atoms. The van der Waals surface area contributed by atoms with E-state index < -0.39 is 0 Å². The topological polar surface area (TPSA) is 34.1 Å². The molecule has 0 unspecified atom stereocenters. The zero-order valence-corrected chi connectivity index (χ0v) is 6.26. The first-order valence-electron chi connectivity index (χ1n) is 3.70. The van der Waals surface area contributed by atoms with Crippen molar-refractivity contribution in [2.75, 3.05) is 0 Å². The van der Waals surface area contributed by atoms with Gasteiger partial charge in [0.25, 0.3) is 0 Å². The Bertz CT molecular complexity index is 392. The highest BCUT2D eigenvalue weighted by molar-refractivity contribution is 5.41. The van der Waals surface area contributed by atoms with Crippen LogP contribution in [0.5, 0.6) is 0 Å². The number of hydrogen-bond acceptors (Lipinski definition) is 2. The van der Waals surface area contributed by atoms with Crippen molar-refractivity contribution in [3.05, 3.63) is 43.7 Å². The summed E-state index contributed by atoms with van der Waals surface area (Å²) in [7, 11) is 0.